The van der Waals surface area contributed by atoms with Crippen LogP contribution in [-0.4, -0.2) is 17.4 Å². The Bertz CT molecular complexity index is 2270. The van der Waals surface area contributed by atoms with Gasteiger partial charge in [-0.25, -0.2) is 0 Å². The molecule has 1 aliphatic heterocycles. The van der Waals surface area contributed by atoms with Crippen molar-refractivity contribution in [2.75, 3.05) is 0 Å². The van der Waals surface area contributed by atoms with Crippen LogP contribution in [0, 0.1) is 27.1 Å². The number of hydrogen-bond acceptors (Lipinski definition) is 4. The van der Waals surface area contributed by atoms with Gasteiger partial charge in [0.2, 0.25) is 0 Å². The monoisotopic (exact) mass is 1000 g/mol. The summed E-state index contributed by atoms with van der Waals surface area (Å²) in [6, 6.07) is 41.2. The zero-order valence-electron chi connectivity index (χ0n) is 50.7. The van der Waals surface area contributed by atoms with E-state index in [1.54, 1.807) is 11.1 Å². The van der Waals surface area contributed by atoms with Gasteiger partial charge >= 0.3 is 0 Å². The van der Waals surface area contributed by atoms with Crippen LogP contribution >= 0.6 is 0 Å². The summed E-state index contributed by atoms with van der Waals surface area (Å²) in [6.07, 6.45) is 9.25. The van der Waals surface area contributed by atoms with Crippen LogP contribution < -0.4 is 5.73 Å². The summed E-state index contributed by atoms with van der Waals surface area (Å²) in [7, 11) is 0. The third-order valence-electron chi connectivity index (χ3n) is 9.65. The minimum Gasteiger partial charge on any atom is -0.383 e. The summed E-state index contributed by atoms with van der Waals surface area (Å²) < 4.78 is 0. The fourth-order valence-corrected chi connectivity index (χ4v) is 6.96. The van der Waals surface area contributed by atoms with E-state index in [-0.39, 0.29) is 0 Å². The van der Waals surface area contributed by atoms with Gasteiger partial charge < -0.3 is 5.73 Å². The lowest BCUT2D eigenvalue weighted by Crippen LogP contribution is -2.09. The van der Waals surface area contributed by atoms with Gasteiger partial charge in [-0.05, 0) is 116 Å². The Kier molecular flexibility index (Phi) is 28.4. The predicted molar refractivity (Wildman–Crippen MR) is 327 cm³/mol. The Morgan fingerprint density at radius 2 is 0.662 bits per heavy atom. The number of rotatable bonds is 0. The molecule has 0 aromatic heterocycles. The fraction of sp³-hybridized carbons (Fsp3) is 0.500. The number of nitrogens with zero attached hydrogens (tertiary/aromatic N) is 1. The molecule has 406 valence electrons. The quantitative estimate of drug-likeness (QED) is 0.168. The first kappa shape index (κ1) is 66.7. The van der Waals surface area contributed by atoms with Gasteiger partial charge in [-0.15, -0.1) is 0 Å². The molecule has 4 nitrogen and oxygen atoms in total. The van der Waals surface area contributed by atoms with Gasteiger partial charge in [0.05, 0.1) is 6.54 Å². The van der Waals surface area contributed by atoms with Gasteiger partial charge in [-0.2, -0.15) is 0 Å². The highest BCUT2D eigenvalue weighted by Crippen LogP contribution is 2.30. The van der Waals surface area contributed by atoms with Crippen LogP contribution in [0.15, 0.2) is 133 Å². The molecule has 0 bridgehead atoms. The first-order chi connectivity index (χ1) is 34.0. The number of aryl methyl sites for hydroxylation is 4. The number of carbonyl (C=O) groups excluding carboxylic acids is 2. The molecule has 0 fully saturated rings. The molecular formula is C70H104N2O2. The van der Waals surface area contributed by atoms with E-state index >= 15 is 0 Å². The molecule has 0 radical (unpaired) electrons. The van der Waals surface area contributed by atoms with Crippen molar-refractivity contribution in [3.8, 4) is 0 Å². The Hall–Kier alpha value is -5.35. The molecule has 4 aliphatic carbocycles. The molecule has 0 atom stereocenters. The van der Waals surface area contributed by atoms with E-state index in [9.17, 15) is 9.59 Å². The van der Waals surface area contributed by atoms with Crippen LogP contribution in [0.4, 0.5) is 0 Å². The number of carbonyl (C=O) groups is 2. The van der Waals surface area contributed by atoms with Crippen molar-refractivity contribution >= 4 is 23.0 Å². The summed E-state index contributed by atoms with van der Waals surface area (Å²) in [5.41, 5.74) is 22.3. The Morgan fingerprint density at radius 3 is 1.03 bits per heavy atom. The third-order valence-corrected chi connectivity index (χ3v) is 9.65. The summed E-state index contributed by atoms with van der Waals surface area (Å²) in [5.74, 6) is 1.33. The molecule has 0 saturated carbocycles. The SMILES string of the molecule is C=C1CCc2ccccc21.CC(C)(C)C.CC(C)(C)C.CC(C)(C)C.CC(C)(C)C.CC(C)(C)C.NC1=NCc2ccccc21.O=C1CCc2ccccc21.O=C1Cc2ccccc2C1.c1ccc2c(c1)CCC2. The van der Waals surface area contributed by atoms with Gasteiger partial charge in [0.25, 0.3) is 0 Å². The lowest BCUT2D eigenvalue weighted by molar-refractivity contribution is -0.117. The van der Waals surface area contributed by atoms with Gasteiger partial charge in [-0.1, -0.05) is 266 Å². The highest BCUT2D eigenvalue weighted by Gasteiger charge is 2.18. The van der Waals surface area contributed by atoms with E-state index in [4.69, 9.17) is 5.73 Å². The maximum atomic E-state index is 11.1. The third kappa shape index (κ3) is 35.0. The Labute approximate surface area is 454 Å². The smallest absolute Gasteiger partial charge is 0.163 e. The number of aliphatic imine (C=N–C) groups is 1. The van der Waals surface area contributed by atoms with Crippen molar-refractivity contribution in [2.24, 2.45) is 37.8 Å². The molecule has 0 saturated heterocycles. The van der Waals surface area contributed by atoms with Crippen LogP contribution in [0.2, 0.25) is 0 Å². The van der Waals surface area contributed by atoms with Crippen LogP contribution in [0.5, 0.6) is 0 Å². The van der Waals surface area contributed by atoms with Gasteiger partial charge in [0.15, 0.2) is 5.78 Å². The lowest BCUT2D eigenvalue weighted by atomic mass is 10.0. The highest BCUT2D eigenvalue weighted by atomic mass is 16.1. The normalized spacial score (nSPS) is 14.2. The Balaban J connectivity index is 0.000000419. The van der Waals surface area contributed by atoms with Crippen molar-refractivity contribution in [1.29, 1.82) is 0 Å². The molecule has 1 heterocycles. The van der Waals surface area contributed by atoms with E-state index in [1.165, 1.54) is 64.6 Å². The van der Waals surface area contributed by atoms with Crippen molar-refractivity contribution < 1.29 is 9.59 Å². The molecule has 2 N–H and O–H groups in total. The van der Waals surface area contributed by atoms with Crippen molar-refractivity contribution in [3.05, 3.63) is 184 Å². The summed E-state index contributed by atoms with van der Waals surface area (Å²) in [6.45, 7) is 48.5. The summed E-state index contributed by atoms with van der Waals surface area (Å²) >= 11 is 0. The number of allylic oxidation sites excluding steroid dienone is 1. The molecule has 4 heteroatoms. The lowest BCUT2D eigenvalue weighted by Gasteiger charge is -2.05. The molecule has 10 rings (SSSR count). The standard InChI is InChI=1S/C10H10.2C9H8O.C9H10.C8H8N2.5C5H12/c1-8-6-7-9-4-2-3-5-10(8)9;10-9-5-7-3-1-2-4-8(7)6-9;10-9-6-5-7-3-1-2-4-8(7)9;1-2-5-9-7-3-6-8(9)4-1;9-8-7-4-2-1-3-6(7)5-10-8;5*1-5(2,3)4/h2-5H,1,6-7H2;2*1-4H,5-6H2;1-2,4-5H,3,6-7H2;1-4H,5H2,(H2,9,10);5*1-4H3. The summed E-state index contributed by atoms with van der Waals surface area (Å²) in [5, 5.41) is 0. The number of ketones is 2. The van der Waals surface area contributed by atoms with Gasteiger partial charge in [-0.3, -0.25) is 14.6 Å². The Morgan fingerprint density at radius 1 is 0.365 bits per heavy atom. The van der Waals surface area contributed by atoms with Crippen LogP contribution in [0.25, 0.3) is 5.57 Å². The number of nitrogens with two attached hydrogens (primary N) is 1. The molecule has 5 aromatic rings. The van der Waals surface area contributed by atoms with E-state index in [0.29, 0.717) is 63.7 Å². The van der Waals surface area contributed by atoms with Gasteiger partial charge in [0, 0.05) is 30.4 Å². The number of Topliss-reactive ketones (excluding diaryl/α,β-unsaturated/α-hetero) is 2. The van der Waals surface area contributed by atoms with E-state index in [1.807, 2.05) is 66.7 Å². The van der Waals surface area contributed by atoms with Gasteiger partial charge in [0.1, 0.15) is 11.6 Å². The van der Waals surface area contributed by atoms with E-state index in [0.717, 1.165) is 30.5 Å². The maximum Gasteiger partial charge on any atom is 0.163 e. The number of fused-ring (bicyclic) bond motifs is 5. The molecule has 74 heavy (non-hydrogen) atoms. The van der Waals surface area contributed by atoms with Crippen molar-refractivity contribution in [2.45, 2.75) is 203 Å². The minimum atomic E-state index is 0.301. The van der Waals surface area contributed by atoms with Crippen molar-refractivity contribution in [1.82, 2.24) is 0 Å². The summed E-state index contributed by atoms with van der Waals surface area (Å²) in [4.78, 5) is 26.1. The number of hydrogen-bond donors (Lipinski definition) is 1. The second-order valence-corrected chi connectivity index (χ2v) is 28.0. The largest absolute Gasteiger partial charge is 0.383 e. The topological polar surface area (TPSA) is 72.5 Å². The number of amidine groups is 1. The van der Waals surface area contributed by atoms with Crippen LogP contribution in [-0.2, 0) is 49.9 Å². The molecule has 0 spiro atoms. The second-order valence-electron chi connectivity index (χ2n) is 28.0. The molecule has 0 amide bonds. The van der Waals surface area contributed by atoms with Crippen LogP contribution in [0.1, 0.15) is 218 Å². The molecule has 5 aromatic carbocycles. The first-order valence-electron chi connectivity index (χ1n) is 27.4. The zero-order valence-corrected chi connectivity index (χ0v) is 50.7. The maximum absolute atomic E-state index is 11.1. The van der Waals surface area contributed by atoms with Crippen molar-refractivity contribution in [3.63, 3.8) is 0 Å². The average molecular weight is 1010 g/mol. The average Bonchev–Trinajstić information content (AvgIpc) is 4.11. The second kappa shape index (κ2) is 31.5. The molecule has 5 aliphatic rings. The predicted octanol–water partition coefficient (Wildman–Crippen LogP) is 19.2. The minimum absolute atomic E-state index is 0.301. The zero-order chi connectivity index (χ0) is 56.5. The van der Waals surface area contributed by atoms with Crippen LogP contribution in [0.3, 0.4) is 0 Å². The fourth-order valence-electron chi connectivity index (χ4n) is 6.96. The van der Waals surface area contributed by atoms with E-state index < -0.39 is 0 Å². The number of benzene rings is 5. The molecule has 0 unspecified atom stereocenters. The molecular weight excluding hydrogens is 901 g/mol. The first-order valence-corrected chi connectivity index (χ1v) is 27.4. The highest BCUT2D eigenvalue weighted by molar-refractivity contribution is 6.01. The van der Waals surface area contributed by atoms with E-state index in [2.05, 4.69) is 205 Å².